The molecule has 3 heteroatoms. The fraction of sp³-hybridized carbons (Fsp3) is 0.571. The fourth-order valence-corrected chi connectivity index (χ4v) is 2.59. The lowest BCUT2D eigenvalue weighted by molar-refractivity contribution is 0.301. The van der Waals surface area contributed by atoms with Gasteiger partial charge < -0.3 is 9.08 Å². The van der Waals surface area contributed by atoms with Crippen LogP contribution in [-0.4, -0.2) is 25.5 Å². The van der Waals surface area contributed by atoms with Crippen molar-refractivity contribution < 1.29 is 4.18 Å². The van der Waals surface area contributed by atoms with E-state index < -0.39 is 0 Å². The summed E-state index contributed by atoms with van der Waals surface area (Å²) in [5.41, 5.74) is 1.34. The molecule has 0 spiro atoms. The van der Waals surface area contributed by atoms with E-state index in [1.165, 1.54) is 5.56 Å². The van der Waals surface area contributed by atoms with Crippen LogP contribution >= 0.6 is 12.9 Å². The number of benzene rings is 1. The first-order chi connectivity index (χ1) is 8.08. The minimum atomic E-state index is 0.570. The lowest BCUT2D eigenvalue weighted by atomic mass is 9.85. The van der Waals surface area contributed by atoms with Gasteiger partial charge in [0.05, 0.1) is 0 Å². The molecule has 2 atom stereocenters. The number of rotatable bonds is 6. The molecule has 0 aromatic heterocycles. The average molecular weight is 253 g/mol. The molecule has 0 bridgehead atoms. The van der Waals surface area contributed by atoms with Gasteiger partial charge >= 0.3 is 0 Å². The van der Waals surface area contributed by atoms with Crippen molar-refractivity contribution in [2.24, 2.45) is 5.92 Å². The first-order valence-electron chi connectivity index (χ1n) is 6.14. The summed E-state index contributed by atoms with van der Waals surface area (Å²) >= 11 is 3.85. The van der Waals surface area contributed by atoms with Gasteiger partial charge in [0.1, 0.15) is 5.75 Å². The Bertz CT molecular complexity index is 341. The molecule has 0 saturated carbocycles. The normalized spacial score (nSPS) is 14.7. The molecule has 0 heterocycles. The van der Waals surface area contributed by atoms with Crippen molar-refractivity contribution in [3.63, 3.8) is 0 Å². The third kappa shape index (κ3) is 4.25. The van der Waals surface area contributed by atoms with Gasteiger partial charge in [-0.2, -0.15) is 0 Å². The zero-order valence-corrected chi connectivity index (χ0v) is 12.1. The number of hydrogen-bond donors (Lipinski definition) is 1. The molecule has 0 radical (unpaired) electrons. The summed E-state index contributed by atoms with van der Waals surface area (Å²) < 4.78 is 4.99. The van der Waals surface area contributed by atoms with Crippen LogP contribution in [0.25, 0.3) is 0 Å². The molecular weight excluding hydrogens is 230 g/mol. The van der Waals surface area contributed by atoms with Crippen molar-refractivity contribution >= 4 is 12.9 Å². The predicted molar refractivity (Wildman–Crippen MR) is 76.8 cm³/mol. The molecule has 0 fully saturated rings. The molecule has 1 rings (SSSR count). The molecule has 1 aromatic carbocycles. The van der Waals surface area contributed by atoms with Crippen LogP contribution < -0.4 is 4.18 Å². The van der Waals surface area contributed by atoms with Crippen LogP contribution in [0.15, 0.2) is 24.3 Å². The van der Waals surface area contributed by atoms with Crippen LogP contribution in [0.1, 0.15) is 31.7 Å². The number of hydrogen-bond acceptors (Lipinski definition) is 3. The first kappa shape index (κ1) is 14.4. The zero-order valence-electron chi connectivity index (χ0n) is 11.2. The van der Waals surface area contributed by atoms with Crippen LogP contribution in [0.5, 0.6) is 5.75 Å². The van der Waals surface area contributed by atoms with Gasteiger partial charge in [0.2, 0.25) is 0 Å². The second-order valence-electron chi connectivity index (χ2n) is 4.92. The standard InChI is InChI=1S/C14H23NOS/c1-5-14(11(2)10-15(3)4)12-7-6-8-13(9-12)16-17/h6-9,11,14,17H,5,10H2,1-4H3. The maximum Gasteiger partial charge on any atom is 0.137 e. The number of thiol groups is 1. The van der Waals surface area contributed by atoms with Gasteiger partial charge in [-0.1, -0.05) is 26.0 Å². The van der Waals surface area contributed by atoms with Crippen molar-refractivity contribution in [1.29, 1.82) is 0 Å². The summed E-state index contributed by atoms with van der Waals surface area (Å²) in [5.74, 6) is 2.02. The molecule has 0 saturated heterocycles. The highest BCUT2D eigenvalue weighted by atomic mass is 32.1. The molecule has 17 heavy (non-hydrogen) atoms. The lowest BCUT2D eigenvalue weighted by Gasteiger charge is -2.26. The molecule has 0 amide bonds. The highest BCUT2D eigenvalue weighted by molar-refractivity contribution is 7.75. The van der Waals surface area contributed by atoms with E-state index in [1.807, 2.05) is 12.1 Å². The van der Waals surface area contributed by atoms with Crippen molar-refractivity contribution in [3.8, 4) is 5.75 Å². The Morgan fingerprint density at radius 1 is 1.35 bits per heavy atom. The van der Waals surface area contributed by atoms with Crippen LogP contribution in [0, 0.1) is 5.92 Å². The Labute approximate surface area is 111 Å². The van der Waals surface area contributed by atoms with Crippen LogP contribution in [-0.2, 0) is 0 Å². The minimum Gasteiger partial charge on any atom is -0.429 e. The molecule has 2 unspecified atom stereocenters. The van der Waals surface area contributed by atoms with E-state index in [9.17, 15) is 0 Å². The van der Waals surface area contributed by atoms with Crippen LogP contribution in [0.2, 0.25) is 0 Å². The van der Waals surface area contributed by atoms with Gasteiger partial charge in [0.15, 0.2) is 0 Å². The molecule has 0 aliphatic heterocycles. The van der Waals surface area contributed by atoms with Crippen molar-refractivity contribution in [2.75, 3.05) is 20.6 Å². The van der Waals surface area contributed by atoms with E-state index in [1.54, 1.807) is 0 Å². The molecule has 0 N–H and O–H groups in total. The summed E-state index contributed by atoms with van der Waals surface area (Å²) in [6.45, 7) is 5.65. The predicted octanol–water partition coefficient (Wildman–Crippen LogP) is 3.60. The summed E-state index contributed by atoms with van der Waals surface area (Å²) in [6.07, 6.45) is 1.14. The van der Waals surface area contributed by atoms with Crippen molar-refractivity contribution in [3.05, 3.63) is 29.8 Å². The van der Waals surface area contributed by atoms with Gasteiger partial charge in [0.25, 0.3) is 0 Å². The molecule has 1 aromatic rings. The Balaban J connectivity index is 2.84. The van der Waals surface area contributed by atoms with Crippen molar-refractivity contribution in [1.82, 2.24) is 4.90 Å². The fourth-order valence-electron chi connectivity index (χ4n) is 2.47. The quantitative estimate of drug-likeness (QED) is 0.614. The second-order valence-corrected chi connectivity index (χ2v) is 5.10. The van der Waals surface area contributed by atoms with Gasteiger partial charge in [-0.15, -0.1) is 0 Å². The van der Waals surface area contributed by atoms with Gasteiger partial charge in [-0.05, 0) is 50.0 Å². The van der Waals surface area contributed by atoms with Crippen LogP contribution in [0.4, 0.5) is 0 Å². The first-order valence-corrected chi connectivity index (χ1v) is 6.51. The highest BCUT2D eigenvalue weighted by Crippen LogP contribution is 2.30. The Morgan fingerprint density at radius 2 is 2.06 bits per heavy atom. The molecule has 0 aliphatic carbocycles. The lowest BCUT2D eigenvalue weighted by Crippen LogP contribution is -2.24. The average Bonchev–Trinajstić information content (AvgIpc) is 2.29. The molecule has 2 nitrogen and oxygen atoms in total. The van der Waals surface area contributed by atoms with E-state index >= 15 is 0 Å². The van der Waals surface area contributed by atoms with Crippen molar-refractivity contribution in [2.45, 2.75) is 26.2 Å². The largest absolute Gasteiger partial charge is 0.429 e. The van der Waals surface area contributed by atoms with Gasteiger partial charge in [-0.25, -0.2) is 0 Å². The molecule has 0 aliphatic rings. The smallest absolute Gasteiger partial charge is 0.137 e. The monoisotopic (exact) mass is 253 g/mol. The Hall–Kier alpha value is -0.670. The summed E-state index contributed by atoms with van der Waals surface area (Å²) in [5, 5.41) is 0. The third-order valence-corrected chi connectivity index (χ3v) is 3.38. The minimum absolute atomic E-state index is 0.570. The maximum absolute atomic E-state index is 4.99. The highest BCUT2D eigenvalue weighted by Gasteiger charge is 2.18. The van der Waals surface area contributed by atoms with Gasteiger partial charge in [-0.3, -0.25) is 0 Å². The summed E-state index contributed by atoms with van der Waals surface area (Å²) in [6, 6.07) is 8.23. The SMILES string of the molecule is CCC(c1cccc(OS)c1)C(C)CN(C)C. The third-order valence-electron chi connectivity index (χ3n) is 3.17. The van der Waals surface area contributed by atoms with Gasteiger partial charge in [0, 0.05) is 19.5 Å². The molecular formula is C14H23NOS. The Morgan fingerprint density at radius 3 is 2.59 bits per heavy atom. The second kappa shape index (κ2) is 6.92. The van der Waals surface area contributed by atoms with E-state index in [2.05, 4.69) is 57.9 Å². The van der Waals surface area contributed by atoms with E-state index in [4.69, 9.17) is 4.18 Å². The van der Waals surface area contributed by atoms with E-state index in [0.29, 0.717) is 11.8 Å². The van der Waals surface area contributed by atoms with Crippen LogP contribution in [0.3, 0.4) is 0 Å². The molecule has 96 valence electrons. The zero-order chi connectivity index (χ0) is 12.8. The maximum atomic E-state index is 4.99. The summed E-state index contributed by atoms with van der Waals surface area (Å²) in [4.78, 5) is 2.24. The van der Waals surface area contributed by atoms with E-state index in [-0.39, 0.29) is 0 Å². The summed E-state index contributed by atoms with van der Waals surface area (Å²) in [7, 11) is 4.24. The Kier molecular flexibility index (Phi) is 5.86. The number of nitrogens with zero attached hydrogens (tertiary/aromatic N) is 1. The topological polar surface area (TPSA) is 12.5 Å². The van der Waals surface area contributed by atoms with E-state index in [0.717, 1.165) is 18.7 Å².